The molecule has 6 heteroatoms. The summed E-state index contributed by atoms with van der Waals surface area (Å²) in [5.74, 6) is 0.746. The predicted molar refractivity (Wildman–Crippen MR) is 110 cm³/mol. The molecule has 1 aromatic heterocycles. The van der Waals surface area contributed by atoms with E-state index in [0.717, 1.165) is 36.0 Å². The van der Waals surface area contributed by atoms with E-state index in [1.807, 2.05) is 30.2 Å². The number of nitrogens with zero attached hydrogens (tertiary/aromatic N) is 4. The van der Waals surface area contributed by atoms with Crippen LogP contribution in [0.25, 0.3) is 11.1 Å². The summed E-state index contributed by atoms with van der Waals surface area (Å²) in [5, 5.41) is 4.34. The number of piperidine rings is 2. The van der Waals surface area contributed by atoms with Crippen molar-refractivity contribution in [1.29, 1.82) is 0 Å². The van der Waals surface area contributed by atoms with Crippen molar-refractivity contribution in [2.75, 3.05) is 43.9 Å². The summed E-state index contributed by atoms with van der Waals surface area (Å²) in [6, 6.07) is 4.86. The normalized spacial score (nSPS) is 19.4. The average Bonchev–Trinajstić information content (AvgIpc) is 3.15. The fraction of sp³-hybridized carbons (Fsp3) is 0.571. The van der Waals surface area contributed by atoms with Crippen molar-refractivity contribution in [3.8, 4) is 16.9 Å². The number of hydrogen-bond donors (Lipinski definition) is 1. The molecule has 3 heterocycles. The van der Waals surface area contributed by atoms with Crippen molar-refractivity contribution in [3.05, 3.63) is 24.5 Å². The van der Waals surface area contributed by atoms with Crippen molar-refractivity contribution in [3.63, 3.8) is 0 Å². The lowest BCUT2D eigenvalue weighted by Crippen LogP contribution is -2.46. The van der Waals surface area contributed by atoms with Crippen LogP contribution in [-0.4, -0.2) is 54.0 Å². The maximum atomic E-state index is 6.22. The average molecular weight is 370 g/mol. The second kappa shape index (κ2) is 7.80. The molecule has 2 aliphatic heterocycles. The highest BCUT2D eigenvalue weighted by molar-refractivity contribution is 5.83. The van der Waals surface area contributed by atoms with Gasteiger partial charge in [-0.2, -0.15) is 5.10 Å². The molecule has 146 valence electrons. The Bertz CT molecular complexity index is 773. The van der Waals surface area contributed by atoms with Crippen LogP contribution in [0.2, 0.25) is 0 Å². The SMILES string of the molecule is COc1cc(N2CCC(N3CCCCC3)CC2)c(-c2cnn(C)c2)cc1N. The topological polar surface area (TPSA) is 59.5 Å². The summed E-state index contributed by atoms with van der Waals surface area (Å²) in [5.41, 5.74) is 10.3. The van der Waals surface area contributed by atoms with E-state index in [1.54, 1.807) is 7.11 Å². The smallest absolute Gasteiger partial charge is 0.143 e. The molecular weight excluding hydrogens is 338 g/mol. The predicted octanol–water partition coefficient (Wildman–Crippen LogP) is 3.13. The molecule has 1 aromatic carbocycles. The van der Waals surface area contributed by atoms with E-state index < -0.39 is 0 Å². The molecule has 0 spiro atoms. The number of anilines is 2. The van der Waals surface area contributed by atoms with Crippen molar-refractivity contribution < 1.29 is 4.74 Å². The number of rotatable bonds is 4. The second-order valence-corrected chi connectivity index (χ2v) is 7.83. The molecule has 2 aromatic rings. The van der Waals surface area contributed by atoms with E-state index in [-0.39, 0.29) is 0 Å². The molecule has 27 heavy (non-hydrogen) atoms. The van der Waals surface area contributed by atoms with E-state index in [9.17, 15) is 0 Å². The Hall–Kier alpha value is -2.21. The molecule has 2 aliphatic rings. The van der Waals surface area contributed by atoms with Crippen LogP contribution >= 0.6 is 0 Å². The molecule has 0 unspecified atom stereocenters. The van der Waals surface area contributed by atoms with E-state index >= 15 is 0 Å². The summed E-state index contributed by atoms with van der Waals surface area (Å²) in [6.07, 6.45) is 10.5. The molecule has 0 radical (unpaired) electrons. The minimum absolute atomic E-state index is 0.670. The number of aryl methyl sites for hydroxylation is 1. The lowest BCUT2D eigenvalue weighted by Gasteiger charge is -2.41. The highest BCUT2D eigenvalue weighted by Crippen LogP contribution is 2.39. The number of aromatic nitrogens is 2. The number of hydrogen-bond acceptors (Lipinski definition) is 5. The van der Waals surface area contributed by atoms with Crippen LogP contribution in [0.5, 0.6) is 5.75 Å². The molecule has 0 amide bonds. The lowest BCUT2D eigenvalue weighted by molar-refractivity contribution is 0.141. The first-order valence-corrected chi connectivity index (χ1v) is 10.1. The number of benzene rings is 1. The van der Waals surface area contributed by atoms with Gasteiger partial charge in [0.1, 0.15) is 5.75 Å². The van der Waals surface area contributed by atoms with E-state index in [2.05, 4.69) is 21.0 Å². The van der Waals surface area contributed by atoms with Gasteiger partial charge in [-0.25, -0.2) is 0 Å². The van der Waals surface area contributed by atoms with Gasteiger partial charge in [-0.05, 0) is 44.8 Å². The molecule has 0 bridgehead atoms. The van der Waals surface area contributed by atoms with E-state index in [0.29, 0.717) is 5.69 Å². The number of nitrogens with two attached hydrogens (primary N) is 1. The van der Waals surface area contributed by atoms with E-state index in [4.69, 9.17) is 10.5 Å². The summed E-state index contributed by atoms with van der Waals surface area (Å²) in [6.45, 7) is 4.70. The zero-order chi connectivity index (χ0) is 18.8. The van der Waals surface area contributed by atoms with Crippen LogP contribution in [0, 0.1) is 0 Å². The van der Waals surface area contributed by atoms with Gasteiger partial charge in [-0.3, -0.25) is 4.68 Å². The molecule has 2 fully saturated rings. The molecule has 6 nitrogen and oxygen atoms in total. The van der Waals surface area contributed by atoms with Gasteiger partial charge in [0.15, 0.2) is 0 Å². The fourth-order valence-corrected chi connectivity index (χ4v) is 4.57. The monoisotopic (exact) mass is 369 g/mol. The number of methoxy groups -OCH3 is 1. The Morgan fingerprint density at radius 3 is 2.44 bits per heavy atom. The molecule has 0 saturated carbocycles. The van der Waals surface area contributed by atoms with Gasteiger partial charge < -0.3 is 20.3 Å². The molecule has 2 N–H and O–H groups in total. The van der Waals surface area contributed by atoms with Gasteiger partial charge in [-0.1, -0.05) is 6.42 Å². The summed E-state index contributed by atoms with van der Waals surface area (Å²) in [4.78, 5) is 5.21. The lowest BCUT2D eigenvalue weighted by atomic mass is 9.97. The number of ether oxygens (including phenoxy) is 1. The molecule has 2 saturated heterocycles. The molecular formula is C21H31N5O. The Labute approximate surface area is 161 Å². The number of nitrogen functional groups attached to an aromatic ring is 1. The largest absolute Gasteiger partial charge is 0.495 e. The van der Waals surface area contributed by atoms with Gasteiger partial charge in [0.25, 0.3) is 0 Å². The van der Waals surface area contributed by atoms with Crippen LogP contribution in [-0.2, 0) is 7.05 Å². The van der Waals surface area contributed by atoms with Gasteiger partial charge in [0.2, 0.25) is 0 Å². The first kappa shape index (κ1) is 18.2. The van der Waals surface area contributed by atoms with Gasteiger partial charge in [-0.15, -0.1) is 0 Å². The van der Waals surface area contributed by atoms with Gasteiger partial charge >= 0.3 is 0 Å². The third-order valence-electron chi connectivity index (χ3n) is 6.08. The van der Waals surface area contributed by atoms with Crippen molar-refractivity contribution >= 4 is 11.4 Å². The Kier molecular flexibility index (Phi) is 5.25. The highest BCUT2D eigenvalue weighted by Gasteiger charge is 2.27. The van der Waals surface area contributed by atoms with E-state index in [1.165, 1.54) is 50.9 Å². The third kappa shape index (κ3) is 3.76. The Balaban J connectivity index is 1.57. The quantitative estimate of drug-likeness (QED) is 0.839. The maximum Gasteiger partial charge on any atom is 0.143 e. The third-order valence-corrected chi connectivity index (χ3v) is 6.08. The van der Waals surface area contributed by atoms with Crippen molar-refractivity contribution in [1.82, 2.24) is 14.7 Å². The van der Waals surface area contributed by atoms with Crippen LogP contribution in [0.15, 0.2) is 24.5 Å². The standard InChI is InChI=1S/C21H31N5O/c1-24-15-16(14-23-24)18-12-19(22)21(27-2)13-20(18)26-10-6-17(7-11-26)25-8-4-3-5-9-25/h12-15,17H,3-11,22H2,1-2H3. The van der Waals surface area contributed by atoms with Crippen molar-refractivity contribution in [2.45, 2.75) is 38.1 Å². The van der Waals surface area contributed by atoms with Crippen molar-refractivity contribution in [2.24, 2.45) is 7.05 Å². The summed E-state index contributed by atoms with van der Waals surface area (Å²) in [7, 11) is 3.63. The minimum Gasteiger partial charge on any atom is -0.495 e. The minimum atomic E-state index is 0.670. The van der Waals surface area contributed by atoms with Gasteiger partial charge in [0, 0.05) is 55.3 Å². The highest BCUT2D eigenvalue weighted by atomic mass is 16.5. The first-order valence-electron chi connectivity index (χ1n) is 10.1. The maximum absolute atomic E-state index is 6.22. The van der Waals surface area contributed by atoms with Crippen LogP contribution < -0.4 is 15.4 Å². The second-order valence-electron chi connectivity index (χ2n) is 7.83. The number of likely N-dealkylation sites (tertiary alicyclic amines) is 1. The Morgan fingerprint density at radius 1 is 1.07 bits per heavy atom. The van der Waals surface area contributed by atoms with Gasteiger partial charge in [0.05, 0.1) is 19.0 Å². The summed E-state index contributed by atoms with van der Waals surface area (Å²) < 4.78 is 7.34. The first-order chi connectivity index (χ1) is 13.2. The fourth-order valence-electron chi connectivity index (χ4n) is 4.57. The van der Waals surface area contributed by atoms with Crippen LogP contribution in [0.1, 0.15) is 32.1 Å². The zero-order valence-electron chi connectivity index (χ0n) is 16.5. The summed E-state index contributed by atoms with van der Waals surface area (Å²) >= 11 is 0. The van der Waals surface area contributed by atoms with Crippen LogP contribution in [0.4, 0.5) is 11.4 Å². The zero-order valence-corrected chi connectivity index (χ0v) is 16.5. The molecule has 0 aliphatic carbocycles. The van der Waals surface area contributed by atoms with Crippen LogP contribution in [0.3, 0.4) is 0 Å². The Morgan fingerprint density at radius 2 is 1.81 bits per heavy atom. The molecule has 0 atom stereocenters. The molecule has 4 rings (SSSR count).